The van der Waals surface area contributed by atoms with Crippen molar-refractivity contribution < 1.29 is 0 Å². The lowest BCUT2D eigenvalue weighted by molar-refractivity contribution is 0.883. The predicted octanol–water partition coefficient (Wildman–Crippen LogP) is 7.57. The third kappa shape index (κ3) is 4.95. The molecule has 0 radical (unpaired) electrons. The Kier molecular flexibility index (Phi) is 6.97. The van der Waals surface area contributed by atoms with E-state index >= 15 is 0 Å². The summed E-state index contributed by atoms with van der Waals surface area (Å²) in [6, 6.07) is 17.0. The van der Waals surface area contributed by atoms with Crippen LogP contribution in [0.25, 0.3) is 5.57 Å². The molecule has 134 valence electrons. The van der Waals surface area contributed by atoms with Crippen LogP contribution in [-0.2, 0) is 0 Å². The molecule has 0 saturated heterocycles. The van der Waals surface area contributed by atoms with E-state index in [4.69, 9.17) is 0 Å². The van der Waals surface area contributed by atoms with Crippen LogP contribution in [0.5, 0.6) is 0 Å². The van der Waals surface area contributed by atoms with Gasteiger partial charge in [0.25, 0.3) is 0 Å². The average Bonchev–Trinajstić information content (AvgIpc) is 2.64. The Labute approximate surface area is 159 Å². The van der Waals surface area contributed by atoms with Gasteiger partial charge in [-0.05, 0) is 61.1 Å². The van der Waals surface area contributed by atoms with Crippen LogP contribution in [0.15, 0.2) is 90.6 Å². The van der Waals surface area contributed by atoms with Crippen molar-refractivity contribution >= 4 is 5.57 Å². The Bertz CT molecular complexity index is 859. The summed E-state index contributed by atoms with van der Waals surface area (Å²) in [5.41, 5.74) is 8.86. The Balaban J connectivity index is 2.08. The van der Waals surface area contributed by atoms with Crippen LogP contribution in [0.1, 0.15) is 48.9 Å². The lowest BCUT2D eigenvalue weighted by Gasteiger charge is -2.15. The first-order valence-corrected chi connectivity index (χ1v) is 9.24. The summed E-state index contributed by atoms with van der Waals surface area (Å²) in [4.78, 5) is 0. The Morgan fingerprint density at radius 2 is 1.42 bits per heavy atom. The number of hydrogen-bond acceptors (Lipinski definition) is 0. The van der Waals surface area contributed by atoms with Gasteiger partial charge in [0, 0.05) is 5.92 Å². The molecule has 0 fully saturated rings. The molecule has 0 saturated carbocycles. The Morgan fingerprint density at radius 1 is 0.846 bits per heavy atom. The number of hydrogen-bond donors (Lipinski definition) is 0. The highest BCUT2D eigenvalue weighted by Crippen LogP contribution is 2.26. The summed E-state index contributed by atoms with van der Waals surface area (Å²) in [5, 5.41) is 0. The molecule has 0 bridgehead atoms. The molecule has 0 heteroatoms. The quantitative estimate of drug-likeness (QED) is 0.475. The molecule has 0 amide bonds. The molecule has 2 aromatic carbocycles. The zero-order valence-corrected chi connectivity index (χ0v) is 16.7. The van der Waals surface area contributed by atoms with Crippen molar-refractivity contribution in [2.45, 2.75) is 40.5 Å². The van der Waals surface area contributed by atoms with Crippen molar-refractivity contribution in [2.75, 3.05) is 0 Å². The largest absolute Gasteiger partial charge is 0.0909 e. The van der Waals surface area contributed by atoms with Crippen LogP contribution < -0.4 is 0 Å². The molecule has 0 spiro atoms. The topological polar surface area (TPSA) is 0 Å². The van der Waals surface area contributed by atoms with Gasteiger partial charge in [0.15, 0.2) is 0 Å². The summed E-state index contributed by atoms with van der Waals surface area (Å²) in [6.07, 6.45) is 8.57. The van der Waals surface area contributed by atoms with Gasteiger partial charge in [-0.1, -0.05) is 91.9 Å². The minimum absolute atomic E-state index is 0.424. The van der Waals surface area contributed by atoms with Gasteiger partial charge in [-0.25, -0.2) is 0 Å². The molecule has 0 aliphatic rings. The van der Waals surface area contributed by atoms with E-state index in [1.54, 1.807) is 0 Å². The van der Waals surface area contributed by atoms with E-state index in [0.29, 0.717) is 5.92 Å². The highest BCUT2D eigenvalue weighted by molar-refractivity contribution is 5.78. The first kappa shape index (κ1) is 19.7. The van der Waals surface area contributed by atoms with Crippen molar-refractivity contribution in [1.82, 2.24) is 0 Å². The smallest absolute Gasteiger partial charge is 0.00227 e. The molecule has 0 nitrogen and oxygen atoms in total. The number of rotatable bonds is 6. The minimum Gasteiger partial charge on any atom is -0.0909 e. The first-order valence-electron chi connectivity index (χ1n) is 9.24. The predicted molar refractivity (Wildman–Crippen MR) is 116 cm³/mol. The standard InChI is InChI=1S/C26H30/c1-19(23(5)25-17-11-9-15-21(25)3)13-7-8-14-20(2)24(6)26-18-12-10-16-22(26)4/h7-18,24H,5H2,1-4,6H3/b8-7+,19-13+,20-14-/t24-/m1/s1. The van der Waals surface area contributed by atoms with Crippen LogP contribution in [0, 0.1) is 13.8 Å². The summed E-state index contributed by atoms with van der Waals surface area (Å²) >= 11 is 0. The van der Waals surface area contributed by atoms with E-state index in [1.807, 2.05) is 0 Å². The zero-order chi connectivity index (χ0) is 19.1. The van der Waals surface area contributed by atoms with Gasteiger partial charge < -0.3 is 0 Å². The van der Waals surface area contributed by atoms with Crippen molar-refractivity contribution in [3.05, 3.63) is 113 Å². The summed E-state index contributed by atoms with van der Waals surface area (Å²) in [7, 11) is 0. The fourth-order valence-electron chi connectivity index (χ4n) is 3.09. The second kappa shape index (κ2) is 9.20. The van der Waals surface area contributed by atoms with Crippen molar-refractivity contribution in [3.63, 3.8) is 0 Å². The zero-order valence-electron chi connectivity index (χ0n) is 16.7. The minimum atomic E-state index is 0.424. The van der Waals surface area contributed by atoms with Crippen LogP contribution in [0.3, 0.4) is 0 Å². The fourth-order valence-corrected chi connectivity index (χ4v) is 3.09. The summed E-state index contributed by atoms with van der Waals surface area (Å²) in [6.45, 7) is 15.1. The molecule has 1 atom stereocenters. The lowest BCUT2D eigenvalue weighted by atomic mass is 9.90. The second-order valence-electron chi connectivity index (χ2n) is 7.02. The maximum absolute atomic E-state index is 4.26. The number of allylic oxidation sites excluding steroid dienone is 7. The van der Waals surface area contributed by atoms with E-state index in [0.717, 1.165) is 5.57 Å². The maximum Gasteiger partial charge on any atom is 0.00227 e. The van der Waals surface area contributed by atoms with E-state index < -0.39 is 0 Å². The molecule has 0 unspecified atom stereocenters. The van der Waals surface area contributed by atoms with E-state index in [2.05, 4.69) is 114 Å². The average molecular weight is 343 g/mol. The number of aryl methyl sites for hydroxylation is 2. The van der Waals surface area contributed by atoms with Gasteiger partial charge in [-0.2, -0.15) is 0 Å². The highest BCUT2D eigenvalue weighted by atomic mass is 14.1. The highest BCUT2D eigenvalue weighted by Gasteiger charge is 2.08. The van der Waals surface area contributed by atoms with Gasteiger partial charge in [-0.3, -0.25) is 0 Å². The SMILES string of the molecule is C=C(/C(C)=C/C=C/C=C(/C)[C@@H](C)c1ccccc1C)c1ccccc1C. The molecule has 26 heavy (non-hydrogen) atoms. The maximum atomic E-state index is 4.26. The number of benzene rings is 2. The molecule has 2 rings (SSSR count). The third-order valence-corrected chi connectivity index (χ3v) is 5.10. The van der Waals surface area contributed by atoms with E-state index in [-0.39, 0.29) is 0 Å². The summed E-state index contributed by atoms with van der Waals surface area (Å²) in [5.74, 6) is 0.424. The Morgan fingerprint density at radius 3 is 2.08 bits per heavy atom. The van der Waals surface area contributed by atoms with E-state index in [9.17, 15) is 0 Å². The summed E-state index contributed by atoms with van der Waals surface area (Å²) < 4.78 is 0. The van der Waals surface area contributed by atoms with Crippen LogP contribution in [0.2, 0.25) is 0 Å². The lowest BCUT2D eigenvalue weighted by Crippen LogP contribution is -1.97. The van der Waals surface area contributed by atoms with Gasteiger partial charge >= 0.3 is 0 Å². The van der Waals surface area contributed by atoms with Gasteiger partial charge in [0.2, 0.25) is 0 Å². The van der Waals surface area contributed by atoms with Crippen molar-refractivity contribution in [2.24, 2.45) is 0 Å². The molecule has 0 aliphatic carbocycles. The Hall–Kier alpha value is -2.60. The van der Waals surface area contributed by atoms with Gasteiger partial charge in [-0.15, -0.1) is 0 Å². The first-order chi connectivity index (χ1) is 12.4. The van der Waals surface area contributed by atoms with Crippen LogP contribution >= 0.6 is 0 Å². The second-order valence-corrected chi connectivity index (χ2v) is 7.02. The molecular weight excluding hydrogens is 312 g/mol. The van der Waals surface area contributed by atoms with E-state index in [1.165, 1.54) is 33.4 Å². The molecule has 0 N–H and O–H groups in total. The molecular formula is C26H30. The van der Waals surface area contributed by atoms with Crippen molar-refractivity contribution in [3.8, 4) is 0 Å². The van der Waals surface area contributed by atoms with Crippen molar-refractivity contribution in [1.29, 1.82) is 0 Å². The van der Waals surface area contributed by atoms with Crippen LogP contribution in [0.4, 0.5) is 0 Å². The normalized spacial score (nSPS) is 13.9. The van der Waals surface area contributed by atoms with Crippen LogP contribution in [-0.4, -0.2) is 0 Å². The molecule has 2 aromatic rings. The van der Waals surface area contributed by atoms with Gasteiger partial charge in [0.1, 0.15) is 0 Å². The molecule has 0 aromatic heterocycles. The van der Waals surface area contributed by atoms with Gasteiger partial charge in [0.05, 0.1) is 0 Å². The monoisotopic (exact) mass is 342 g/mol. The fraction of sp³-hybridized carbons (Fsp3) is 0.231. The molecule has 0 heterocycles. The molecule has 0 aliphatic heterocycles. The third-order valence-electron chi connectivity index (χ3n) is 5.10.